The molecule has 0 radical (unpaired) electrons. The van der Waals surface area contributed by atoms with Gasteiger partial charge in [-0.15, -0.1) is 0 Å². The van der Waals surface area contributed by atoms with Crippen molar-refractivity contribution in [3.63, 3.8) is 0 Å². The number of furan rings is 1. The van der Waals surface area contributed by atoms with Gasteiger partial charge in [0.2, 0.25) is 0 Å². The molecule has 0 amide bonds. The molecule has 188 valence electrons. The number of hydrogen-bond donors (Lipinski definition) is 1. The van der Waals surface area contributed by atoms with Crippen molar-refractivity contribution in [2.75, 3.05) is 6.61 Å². The van der Waals surface area contributed by atoms with Gasteiger partial charge >= 0.3 is 5.97 Å². The summed E-state index contributed by atoms with van der Waals surface area (Å²) in [5, 5.41) is 0.868. The molecule has 4 aromatic rings. The molecule has 0 saturated carbocycles. The van der Waals surface area contributed by atoms with Crippen LogP contribution in [0.5, 0.6) is 5.75 Å². The summed E-state index contributed by atoms with van der Waals surface area (Å²) in [7, 11) is 0. The van der Waals surface area contributed by atoms with Crippen molar-refractivity contribution in [2.45, 2.75) is 46.8 Å². The molecule has 2 N–H and O–H groups in total. The molecule has 36 heavy (non-hydrogen) atoms. The topological polar surface area (TPSA) is 87.6 Å². The lowest BCUT2D eigenvalue weighted by atomic mass is 10.00. The first-order valence-electron chi connectivity index (χ1n) is 12.1. The molecule has 4 rings (SSSR count). The van der Waals surface area contributed by atoms with Crippen LogP contribution in [0.15, 0.2) is 59.1 Å². The predicted molar refractivity (Wildman–Crippen MR) is 137 cm³/mol. The second kappa shape index (κ2) is 11.4. The lowest BCUT2D eigenvalue weighted by Gasteiger charge is -2.13. The fourth-order valence-corrected chi connectivity index (χ4v) is 4.21. The van der Waals surface area contributed by atoms with Crippen LogP contribution in [0.2, 0.25) is 0 Å². The molecular weight excluding hydrogens is 459 g/mol. The number of carbonyl (C=O) groups is 1. The molecule has 0 aliphatic rings. The van der Waals surface area contributed by atoms with E-state index >= 15 is 4.39 Å². The van der Waals surface area contributed by atoms with Crippen LogP contribution in [0.4, 0.5) is 4.39 Å². The average Bonchev–Trinajstić information content (AvgIpc) is 3.25. The number of benzene rings is 2. The highest BCUT2D eigenvalue weighted by Crippen LogP contribution is 2.35. The number of halogens is 1. The van der Waals surface area contributed by atoms with E-state index in [4.69, 9.17) is 19.6 Å². The molecule has 2 heterocycles. The van der Waals surface area contributed by atoms with E-state index < -0.39 is 5.82 Å². The van der Waals surface area contributed by atoms with Gasteiger partial charge in [-0.05, 0) is 48.7 Å². The maximum Gasteiger partial charge on any atom is 0.310 e. The summed E-state index contributed by atoms with van der Waals surface area (Å²) in [4.78, 5) is 16.1. The molecule has 2 aromatic carbocycles. The normalized spacial score (nSPS) is 11.3. The van der Waals surface area contributed by atoms with Crippen LogP contribution < -0.4 is 10.5 Å². The van der Waals surface area contributed by atoms with Crippen LogP contribution in [-0.4, -0.2) is 17.6 Å². The van der Waals surface area contributed by atoms with E-state index in [9.17, 15) is 4.79 Å². The Morgan fingerprint density at radius 1 is 1.14 bits per heavy atom. The highest BCUT2D eigenvalue weighted by Gasteiger charge is 2.18. The van der Waals surface area contributed by atoms with E-state index in [0.717, 1.165) is 28.7 Å². The van der Waals surface area contributed by atoms with Crippen LogP contribution in [0, 0.1) is 11.7 Å². The lowest BCUT2D eigenvalue weighted by molar-refractivity contribution is -0.142. The Kier molecular flexibility index (Phi) is 8.00. The number of nitrogens with two attached hydrogens (primary N) is 1. The van der Waals surface area contributed by atoms with Gasteiger partial charge in [0, 0.05) is 41.2 Å². The number of carbonyl (C=O) groups excluding carboxylic acids is 1. The number of pyridine rings is 1. The third kappa shape index (κ3) is 5.74. The molecule has 0 saturated heterocycles. The molecule has 6 nitrogen and oxygen atoms in total. The van der Waals surface area contributed by atoms with Crippen LogP contribution in [-0.2, 0) is 35.5 Å². The van der Waals surface area contributed by atoms with Crippen molar-refractivity contribution < 1.29 is 23.1 Å². The van der Waals surface area contributed by atoms with Gasteiger partial charge in [-0.25, -0.2) is 4.39 Å². The maximum atomic E-state index is 15.3. The first-order chi connectivity index (χ1) is 17.4. The summed E-state index contributed by atoms with van der Waals surface area (Å²) in [6.07, 6.45) is 2.45. The summed E-state index contributed by atoms with van der Waals surface area (Å²) in [6, 6.07) is 14.9. The number of rotatable bonds is 10. The van der Waals surface area contributed by atoms with Gasteiger partial charge in [0.05, 0.1) is 18.7 Å². The van der Waals surface area contributed by atoms with E-state index in [-0.39, 0.29) is 31.2 Å². The zero-order chi connectivity index (χ0) is 25.7. The molecule has 0 unspecified atom stereocenters. The molecule has 0 bridgehead atoms. The van der Waals surface area contributed by atoms with E-state index in [1.807, 2.05) is 42.5 Å². The standard InChI is InChI=1S/C29H31FN2O4/c1-4-34-27(33)15-20-7-5-6-8-26(20)35-17-19-12-21-14-22(11-18(2)3)36-29(21)24(13-19)23-9-10-32-25(16-31)28(23)30/h5-10,12-14,18H,4,11,15-17,31H2,1-3H3. The van der Waals surface area contributed by atoms with Crippen molar-refractivity contribution in [1.82, 2.24) is 4.98 Å². The minimum Gasteiger partial charge on any atom is -0.489 e. The van der Waals surface area contributed by atoms with Gasteiger partial charge in [-0.3, -0.25) is 9.78 Å². The lowest BCUT2D eigenvalue weighted by Crippen LogP contribution is -2.09. The molecule has 0 aliphatic heterocycles. The molecular formula is C29H31FN2O4. The molecule has 0 spiro atoms. The Bertz CT molecular complexity index is 1360. The third-order valence-electron chi connectivity index (χ3n) is 5.79. The van der Waals surface area contributed by atoms with Gasteiger partial charge in [0.25, 0.3) is 0 Å². The summed E-state index contributed by atoms with van der Waals surface area (Å²) in [5.74, 6) is 1.08. The number of esters is 1. The maximum absolute atomic E-state index is 15.3. The molecule has 2 aromatic heterocycles. The second-order valence-electron chi connectivity index (χ2n) is 9.07. The summed E-state index contributed by atoms with van der Waals surface area (Å²) in [6.45, 7) is 6.57. The Hall–Kier alpha value is -3.71. The van der Waals surface area contributed by atoms with E-state index in [1.54, 1.807) is 19.2 Å². The number of aromatic nitrogens is 1. The first-order valence-corrected chi connectivity index (χ1v) is 12.1. The quantitative estimate of drug-likeness (QED) is 0.275. The minimum absolute atomic E-state index is 0.000375. The van der Waals surface area contributed by atoms with Gasteiger partial charge in [0.1, 0.15) is 23.7 Å². The van der Waals surface area contributed by atoms with Gasteiger partial charge < -0.3 is 19.6 Å². The number of hydrogen-bond acceptors (Lipinski definition) is 6. The van der Waals surface area contributed by atoms with Crippen LogP contribution in [0.3, 0.4) is 0 Å². The third-order valence-corrected chi connectivity index (χ3v) is 5.79. The largest absolute Gasteiger partial charge is 0.489 e. The van der Waals surface area contributed by atoms with Crippen molar-refractivity contribution in [1.29, 1.82) is 0 Å². The van der Waals surface area contributed by atoms with Crippen LogP contribution in [0.25, 0.3) is 22.1 Å². The Morgan fingerprint density at radius 2 is 1.94 bits per heavy atom. The zero-order valence-corrected chi connectivity index (χ0v) is 20.8. The fourth-order valence-electron chi connectivity index (χ4n) is 4.21. The fraction of sp³-hybridized carbons (Fsp3) is 0.310. The first kappa shape index (κ1) is 25.4. The molecule has 7 heteroatoms. The van der Waals surface area contributed by atoms with Crippen LogP contribution in [0.1, 0.15) is 43.4 Å². The van der Waals surface area contributed by atoms with Crippen molar-refractivity contribution >= 4 is 16.9 Å². The predicted octanol–water partition coefficient (Wildman–Crippen LogP) is 5.98. The van der Waals surface area contributed by atoms with E-state index in [0.29, 0.717) is 35.0 Å². The Morgan fingerprint density at radius 3 is 2.69 bits per heavy atom. The van der Waals surface area contributed by atoms with E-state index in [2.05, 4.69) is 18.8 Å². The number of ether oxygens (including phenoxy) is 2. The number of para-hydroxylation sites is 1. The Labute approximate surface area is 210 Å². The highest BCUT2D eigenvalue weighted by molar-refractivity contribution is 5.93. The number of nitrogens with zero attached hydrogens (tertiary/aromatic N) is 1. The van der Waals surface area contributed by atoms with Crippen molar-refractivity contribution in [3.8, 4) is 16.9 Å². The van der Waals surface area contributed by atoms with Gasteiger partial charge in [0.15, 0.2) is 5.82 Å². The molecule has 0 atom stereocenters. The van der Waals surface area contributed by atoms with Gasteiger partial charge in [-0.1, -0.05) is 32.0 Å². The number of fused-ring (bicyclic) bond motifs is 1. The Balaban J connectivity index is 1.71. The highest BCUT2D eigenvalue weighted by atomic mass is 19.1. The van der Waals surface area contributed by atoms with Crippen LogP contribution >= 0.6 is 0 Å². The summed E-state index contributed by atoms with van der Waals surface area (Å²) in [5.41, 5.74) is 9.10. The monoisotopic (exact) mass is 490 g/mol. The SMILES string of the molecule is CCOC(=O)Cc1ccccc1OCc1cc(-c2ccnc(CN)c2F)c2oc(CC(C)C)cc2c1. The zero-order valence-electron chi connectivity index (χ0n) is 20.8. The average molecular weight is 491 g/mol. The second-order valence-corrected chi connectivity index (χ2v) is 9.07. The summed E-state index contributed by atoms with van der Waals surface area (Å²) >= 11 is 0. The minimum atomic E-state index is -0.457. The smallest absolute Gasteiger partial charge is 0.310 e. The van der Waals surface area contributed by atoms with E-state index in [1.165, 1.54) is 0 Å². The molecule has 0 fully saturated rings. The van der Waals surface area contributed by atoms with Crippen molar-refractivity contribution in [2.24, 2.45) is 11.7 Å². The van der Waals surface area contributed by atoms with Crippen molar-refractivity contribution in [3.05, 3.63) is 83.1 Å². The van der Waals surface area contributed by atoms with Gasteiger partial charge in [-0.2, -0.15) is 0 Å². The summed E-state index contributed by atoms with van der Waals surface area (Å²) < 4.78 is 32.7. The molecule has 0 aliphatic carbocycles.